The quantitative estimate of drug-likeness (QED) is 0.836. The van der Waals surface area contributed by atoms with Crippen LogP contribution in [0.15, 0.2) is 18.2 Å². The molecule has 0 aliphatic heterocycles. The number of aromatic carboxylic acids is 1. The molecule has 1 saturated carbocycles. The van der Waals surface area contributed by atoms with Gasteiger partial charge in [-0.15, -0.1) is 0 Å². The molecule has 98 valence electrons. The highest BCUT2D eigenvalue weighted by atomic mass is 16.4. The summed E-state index contributed by atoms with van der Waals surface area (Å²) < 4.78 is 0. The minimum Gasteiger partial charge on any atom is -0.478 e. The van der Waals surface area contributed by atoms with Crippen LogP contribution in [0.4, 0.5) is 5.69 Å². The van der Waals surface area contributed by atoms with Crippen molar-refractivity contribution in [1.29, 1.82) is 0 Å². The van der Waals surface area contributed by atoms with Gasteiger partial charge in [-0.25, -0.2) is 4.79 Å². The van der Waals surface area contributed by atoms with Gasteiger partial charge in [0.15, 0.2) is 0 Å². The maximum atomic E-state index is 11.3. The molecule has 0 radical (unpaired) electrons. The monoisotopic (exact) mass is 247 g/mol. The molecule has 0 bridgehead atoms. The molecule has 0 unspecified atom stereocenters. The van der Waals surface area contributed by atoms with Gasteiger partial charge in [-0.05, 0) is 43.9 Å². The molecule has 0 aromatic heterocycles. The van der Waals surface area contributed by atoms with Gasteiger partial charge in [0, 0.05) is 12.6 Å². The molecule has 3 nitrogen and oxygen atoms in total. The highest BCUT2D eigenvalue weighted by Gasteiger charge is 2.30. The number of aryl methyl sites for hydroxylation is 1. The second-order valence-corrected chi connectivity index (χ2v) is 5.10. The fourth-order valence-corrected chi connectivity index (χ4v) is 2.27. The predicted octanol–water partition coefficient (Wildman–Crippen LogP) is 3.46. The Kier molecular flexibility index (Phi) is 3.90. The maximum Gasteiger partial charge on any atom is 0.337 e. The first kappa shape index (κ1) is 12.9. The third kappa shape index (κ3) is 2.84. The topological polar surface area (TPSA) is 40.5 Å². The van der Waals surface area contributed by atoms with Gasteiger partial charge in [-0.1, -0.05) is 19.4 Å². The van der Waals surface area contributed by atoms with Crippen molar-refractivity contribution in [3.05, 3.63) is 29.3 Å². The normalized spacial score (nSPS) is 14.6. The van der Waals surface area contributed by atoms with Crippen LogP contribution < -0.4 is 4.90 Å². The van der Waals surface area contributed by atoms with Crippen molar-refractivity contribution in [3.8, 4) is 0 Å². The Morgan fingerprint density at radius 1 is 1.44 bits per heavy atom. The number of carbonyl (C=O) groups is 1. The summed E-state index contributed by atoms with van der Waals surface area (Å²) in [4.78, 5) is 13.6. The number of carboxylic acid groups (broad SMARTS) is 1. The van der Waals surface area contributed by atoms with E-state index in [1.54, 1.807) is 6.07 Å². The fourth-order valence-electron chi connectivity index (χ4n) is 2.27. The first-order valence-corrected chi connectivity index (χ1v) is 6.74. The molecular weight excluding hydrogens is 226 g/mol. The van der Waals surface area contributed by atoms with Crippen molar-refractivity contribution in [3.63, 3.8) is 0 Å². The van der Waals surface area contributed by atoms with E-state index in [9.17, 15) is 9.90 Å². The van der Waals surface area contributed by atoms with Gasteiger partial charge in [0.05, 0.1) is 11.3 Å². The minimum absolute atomic E-state index is 0.434. The van der Waals surface area contributed by atoms with E-state index in [1.165, 1.54) is 12.8 Å². The van der Waals surface area contributed by atoms with E-state index >= 15 is 0 Å². The lowest BCUT2D eigenvalue weighted by molar-refractivity contribution is 0.0697. The van der Waals surface area contributed by atoms with Crippen LogP contribution in [0.1, 0.15) is 48.5 Å². The van der Waals surface area contributed by atoms with Crippen molar-refractivity contribution < 1.29 is 9.90 Å². The lowest BCUT2D eigenvalue weighted by Crippen LogP contribution is -2.28. The van der Waals surface area contributed by atoms with Crippen molar-refractivity contribution in [1.82, 2.24) is 0 Å². The first-order chi connectivity index (χ1) is 8.63. The van der Waals surface area contributed by atoms with Gasteiger partial charge in [-0.2, -0.15) is 0 Å². The SMILES string of the molecule is CCCCN(c1cc(C)ccc1C(=O)O)C1CC1. The Labute approximate surface area is 108 Å². The average molecular weight is 247 g/mol. The number of unbranched alkanes of at least 4 members (excludes halogenated alkanes) is 1. The number of anilines is 1. The number of hydrogen-bond acceptors (Lipinski definition) is 2. The summed E-state index contributed by atoms with van der Waals surface area (Å²) in [5.74, 6) is -0.827. The zero-order valence-electron chi connectivity index (χ0n) is 11.1. The number of carboxylic acids is 1. The molecule has 1 aliphatic rings. The Hall–Kier alpha value is -1.51. The van der Waals surface area contributed by atoms with Crippen LogP contribution in [0.2, 0.25) is 0 Å². The first-order valence-electron chi connectivity index (χ1n) is 6.74. The van der Waals surface area contributed by atoms with Gasteiger partial charge in [0.2, 0.25) is 0 Å². The van der Waals surface area contributed by atoms with Crippen LogP contribution in [0, 0.1) is 6.92 Å². The Morgan fingerprint density at radius 2 is 2.17 bits per heavy atom. The third-order valence-corrected chi connectivity index (χ3v) is 3.43. The van der Waals surface area contributed by atoms with Crippen LogP contribution in [0.5, 0.6) is 0 Å². The van der Waals surface area contributed by atoms with Crippen molar-refractivity contribution in [2.75, 3.05) is 11.4 Å². The predicted molar refractivity (Wildman–Crippen MR) is 73.4 cm³/mol. The summed E-state index contributed by atoms with van der Waals surface area (Å²) in [7, 11) is 0. The molecule has 0 spiro atoms. The summed E-state index contributed by atoms with van der Waals surface area (Å²) in [5.41, 5.74) is 2.46. The van der Waals surface area contributed by atoms with E-state index in [2.05, 4.69) is 11.8 Å². The van der Waals surface area contributed by atoms with E-state index in [4.69, 9.17) is 0 Å². The smallest absolute Gasteiger partial charge is 0.337 e. The molecule has 2 rings (SSSR count). The zero-order valence-corrected chi connectivity index (χ0v) is 11.1. The van der Waals surface area contributed by atoms with E-state index in [1.807, 2.05) is 19.1 Å². The lowest BCUT2D eigenvalue weighted by atomic mass is 10.1. The highest BCUT2D eigenvalue weighted by molar-refractivity contribution is 5.94. The van der Waals surface area contributed by atoms with Crippen LogP contribution in [-0.2, 0) is 0 Å². The summed E-state index contributed by atoms with van der Waals surface area (Å²) in [6.45, 7) is 5.14. The number of rotatable bonds is 6. The average Bonchev–Trinajstić information content (AvgIpc) is 3.13. The largest absolute Gasteiger partial charge is 0.478 e. The highest BCUT2D eigenvalue weighted by Crippen LogP contribution is 2.34. The fraction of sp³-hybridized carbons (Fsp3) is 0.533. The molecule has 0 atom stereocenters. The zero-order chi connectivity index (χ0) is 13.1. The standard InChI is InChI=1S/C15H21NO2/c1-3-4-9-16(12-6-7-12)14-10-11(2)5-8-13(14)15(17)18/h5,8,10,12H,3-4,6-7,9H2,1-2H3,(H,17,18). The summed E-state index contributed by atoms with van der Waals surface area (Å²) in [6, 6.07) is 6.17. The third-order valence-electron chi connectivity index (χ3n) is 3.43. The van der Waals surface area contributed by atoms with E-state index in [0.717, 1.165) is 30.6 Å². The summed E-state index contributed by atoms with van der Waals surface area (Å²) >= 11 is 0. The second-order valence-electron chi connectivity index (χ2n) is 5.10. The molecule has 1 aliphatic carbocycles. The Morgan fingerprint density at radius 3 is 2.72 bits per heavy atom. The Bertz CT molecular complexity index is 438. The minimum atomic E-state index is -0.827. The molecule has 0 saturated heterocycles. The Balaban J connectivity index is 2.32. The van der Waals surface area contributed by atoms with Crippen molar-refractivity contribution in [2.45, 2.75) is 45.6 Å². The van der Waals surface area contributed by atoms with E-state index < -0.39 is 5.97 Å². The van der Waals surface area contributed by atoms with Gasteiger partial charge in [0.25, 0.3) is 0 Å². The molecule has 1 aromatic rings. The van der Waals surface area contributed by atoms with E-state index in [-0.39, 0.29) is 0 Å². The van der Waals surface area contributed by atoms with Gasteiger partial charge in [0.1, 0.15) is 0 Å². The van der Waals surface area contributed by atoms with Crippen molar-refractivity contribution >= 4 is 11.7 Å². The van der Waals surface area contributed by atoms with Gasteiger partial charge >= 0.3 is 5.97 Å². The number of hydrogen-bond donors (Lipinski definition) is 1. The summed E-state index contributed by atoms with van der Waals surface area (Å²) in [5, 5.41) is 9.31. The molecule has 1 aromatic carbocycles. The van der Waals surface area contributed by atoms with Crippen LogP contribution in [0.25, 0.3) is 0 Å². The lowest BCUT2D eigenvalue weighted by Gasteiger charge is -2.26. The maximum absolute atomic E-state index is 11.3. The number of nitrogens with zero attached hydrogens (tertiary/aromatic N) is 1. The second kappa shape index (κ2) is 5.42. The molecule has 0 heterocycles. The van der Waals surface area contributed by atoms with Crippen LogP contribution in [-0.4, -0.2) is 23.7 Å². The van der Waals surface area contributed by atoms with Gasteiger partial charge < -0.3 is 10.0 Å². The van der Waals surface area contributed by atoms with Crippen LogP contribution >= 0.6 is 0 Å². The van der Waals surface area contributed by atoms with Crippen molar-refractivity contribution in [2.24, 2.45) is 0 Å². The van der Waals surface area contributed by atoms with Gasteiger partial charge in [-0.3, -0.25) is 0 Å². The summed E-state index contributed by atoms with van der Waals surface area (Å²) in [6.07, 6.45) is 4.63. The molecule has 18 heavy (non-hydrogen) atoms. The number of benzene rings is 1. The molecular formula is C15H21NO2. The molecule has 3 heteroatoms. The molecule has 0 amide bonds. The molecule has 1 N–H and O–H groups in total. The van der Waals surface area contributed by atoms with E-state index in [0.29, 0.717) is 11.6 Å². The van der Waals surface area contributed by atoms with Crippen LogP contribution in [0.3, 0.4) is 0 Å². The molecule has 1 fully saturated rings.